The van der Waals surface area contributed by atoms with Crippen molar-refractivity contribution in [3.05, 3.63) is 72.8 Å². The smallest absolute Gasteiger partial charge is 0.265 e. The average molecular weight is 288 g/mol. The summed E-state index contributed by atoms with van der Waals surface area (Å²) in [6.45, 7) is 0. The van der Waals surface area contributed by atoms with Crippen LogP contribution in [-0.2, 0) is 0 Å². The van der Waals surface area contributed by atoms with E-state index in [2.05, 4.69) is 15.0 Å². The molecule has 0 saturated carbocycles. The minimum Gasteiger partial charge on any atom is -0.338 e. The van der Waals surface area contributed by atoms with Gasteiger partial charge >= 0.3 is 0 Å². The maximum absolute atomic E-state index is 12.5. The van der Waals surface area contributed by atoms with Crippen molar-refractivity contribution in [2.45, 2.75) is 0 Å². The largest absolute Gasteiger partial charge is 0.338 e. The highest BCUT2D eigenvalue weighted by molar-refractivity contribution is 6.06. The van der Waals surface area contributed by atoms with Crippen LogP contribution in [-0.4, -0.2) is 25.4 Å². The fourth-order valence-electron chi connectivity index (χ4n) is 2.46. The van der Waals surface area contributed by atoms with Crippen LogP contribution in [0.3, 0.4) is 0 Å². The van der Waals surface area contributed by atoms with Crippen molar-refractivity contribution >= 4 is 16.9 Å². The van der Waals surface area contributed by atoms with Gasteiger partial charge in [-0.3, -0.25) is 9.36 Å². The molecular formula is C17H12N4O. The van der Waals surface area contributed by atoms with Crippen molar-refractivity contribution in [2.75, 3.05) is 0 Å². The molecule has 2 heterocycles. The third kappa shape index (κ3) is 2.00. The molecule has 0 saturated heterocycles. The summed E-state index contributed by atoms with van der Waals surface area (Å²) in [5, 5.41) is 0. The number of aromatic nitrogens is 4. The zero-order chi connectivity index (χ0) is 14.9. The summed E-state index contributed by atoms with van der Waals surface area (Å²) in [5.41, 5.74) is 3.04. The predicted octanol–water partition coefficient (Wildman–Crippen LogP) is 3.11. The number of carbonyl (C=O) groups excluding carboxylic acids is 1. The molecule has 0 amide bonds. The Kier molecular flexibility index (Phi) is 2.83. The monoisotopic (exact) mass is 288 g/mol. The minimum absolute atomic E-state index is 0.144. The van der Waals surface area contributed by atoms with Crippen LogP contribution in [0.25, 0.3) is 22.4 Å². The van der Waals surface area contributed by atoms with Gasteiger partial charge in [0.05, 0.1) is 11.1 Å². The van der Waals surface area contributed by atoms with E-state index < -0.39 is 0 Å². The van der Waals surface area contributed by atoms with Gasteiger partial charge in [-0.05, 0) is 12.1 Å². The van der Waals surface area contributed by atoms with Crippen molar-refractivity contribution in [2.24, 2.45) is 0 Å². The number of hydrogen-bond donors (Lipinski definition) is 1. The highest BCUT2D eigenvalue weighted by atomic mass is 16.2. The molecule has 0 unspecified atom stereocenters. The second-order valence-corrected chi connectivity index (χ2v) is 4.93. The second-order valence-electron chi connectivity index (χ2n) is 4.93. The normalized spacial score (nSPS) is 10.9. The number of nitrogens with zero attached hydrogens (tertiary/aromatic N) is 3. The number of para-hydroxylation sites is 1. The van der Waals surface area contributed by atoms with E-state index in [0.29, 0.717) is 11.1 Å². The van der Waals surface area contributed by atoms with Gasteiger partial charge in [0.1, 0.15) is 17.7 Å². The molecule has 106 valence electrons. The van der Waals surface area contributed by atoms with E-state index in [-0.39, 0.29) is 5.91 Å². The Hall–Kier alpha value is -3.21. The number of benzene rings is 2. The molecule has 0 aliphatic rings. The molecule has 2 aromatic heterocycles. The number of hydrogen-bond acceptors (Lipinski definition) is 3. The molecule has 0 spiro atoms. The topological polar surface area (TPSA) is 63.6 Å². The van der Waals surface area contributed by atoms with Gasteiger partial charge in [0.25, 0.3) is 5.91 Å². The molecule has 5 heteroatoms. The summed E-state index contributed by atoms with van der Waals surface area (Å²) in [5.74, 6) is 0.607. The molecule has 0 bridgehead atoms. The molecule has 22 heavy (non-hydrogen) atoms. The molecular weight excluding hydrogens is 276 g/mol. The Labute approximate surface area is 126 Å². The molecule has 4 aromatic rings. The maximum Gasteiger partial charge on any atom is 0.265 e. The zero-order valence-corrected chi connectivity index (χ0v) is 11.6. The molecule has 5 nitrogen and oxygen atoms in total. The fourth-order valence-corrected chi connectivity index (χ4v) is 2.46. The minimum atomic E-state index is -0.144. The van der Waals surface area contributed by atoms with Crippen molar-refractivity contribution in [3.63, 3.8) is 0 Å². The first-order valence-electron chi connectivity index (χ1n) is 6.90. The summed E-state index contributed by atoms with van der Waals surface area (Å²) in [7, 11) is 0. The molecule has 0 atom stereocenters. The lowest BCUT2D eigenvalue weighted by atomic mass is 10.1. The van der Waals surface area contributed by atoms with Gasteiger partial charge in [-0.15, -0.1) is 0 Å². The van der Waals surface area contributed by atoms with Crippen LogP contribution in [0.1, 0.15) is 10.4 Å². The molecule has 2 aromatic carbocycles. The standard InChI is InChI=1S/C17H12N4O/c22-17(21-10-9-18-11-21)13-7-4-8-14-15(13)20-16(19-14)12-5-2-1-3-6-12/h1-11H,(H,19,20). The molecule has 0 radical (unpaired) electrons. The summed E-state index contributed by atoms with van der Waals surface area (Å²) >= 11 is 0. The first-order chi connectivity index (χ1) is 10.8. The van der Waals surface area contributed by atoms with E-state index in [1.807, 2.05) is 42.5 Å². The Balaban J connectivity index is 1.87. The molecule has 1 N–H and O–H groups in total. The lowest BCUT2D eigenvalue weighted by Gasteiger charge is -2.01. The highest BCUT2D eigenvalue weighted by Gasteiger charge is 2.15. The summed E-state index contributed by atoms with van der Waals surface area (Å²) in [6, 6.07) is 15.4. The average Bonchev–Trinajstić information content (AvgIpc) is 3.24. The van der Waals surface area contributed by atoms with Gasteiger partial charge in [0, 0.05) is 18.0 Å². The van der Waals surface area contributed by atoms with Crippen LogP contribution in [0, 0.1) is 0 Å². The van der Waals surface area contributed by atoms with E-state index in [1.54, 1.807) is 18.5 Å². The molecule has 0 aliphatic carbocycles. The number of nitrogens with one attached hydrogen (secondary N) is 1. The maximum atomic E-state index is 12.5. The third-order valence-corrected chi connectivity index (χ3v) is 3.53. The Morgan fingerprint density at radius 3 is 2.68 bits per heavy atom. The predicted molar refractivity (Wildman–Crippen MR) is 83.5 cm³/mol. The van der Waals surface area contributed by atoms with Gasteiger partial charge in [-0.1, -0.05) is 36.4 Å². The van der Waals surface area contributed by atoms with E-state index >= 15 is 0 Å². The number of imidazole rings is 2. The lowest BCUT2D eigenvalue weighted by Crippen LogP contribution is -2.10. The molecule has 0 aliphatic heterocycles. The number of carbonyl (C=O) groups is 1. The number of aromatic amines is 1. The number of rotatable bonds is 2. The summed E-state index contributed by atoms with van der Waals surface area (Å²) in [4.78, 5) is 24.3. The van der Waals surface area contributed by atoms with Crippen LogP contribution < -0.4 is 0 Å². The SMILES string of the molecule is O=C(c1cccc2[nH]c(-c3ccccc3)nc12)n1ccnc1. The third-order valence-electron chi connectivity index (χ3n) is 3.53. The Morgan fingerprint density at radius 2 is 1.91 bits per heavy atom. The zero-order valence-electron chi connectivity index (χ0n) is 11.6. The van der Waals surface area contributed by atoms with Crippen molar-refractivity contribution in [1.82, 2.24) is 19.5 Å². The van der Waals surface area contributed by atoms with E-state index in [1.165, 1.54) is 10.9 Å². The van der Waals surface area contributed by atoms with Crippen molar-refractivity contribution in [3.8, 4) is 11.4 Å². The number of H-pyrrole nitrogens is 1. The van der Waals surface area contributed by atoms with Crippen LogP contribution in [0.5, 0.6) is 0 Å². The van der Waals surface area contributed by atoms with E-state index in [9.17, 15) is 4.79 Å². The Morgan fingerprint density at radius 1 is 1.05 bits per heavy atom. The van der Waals surface area contributed by atoms with Crippen LogP contribution in [0.15, 0.2) is 67.3 Å². The lowest BCUT2D eigenvalue weighted by molar-refractivity contribution is 0.0961. The summed E-state index contributed by atoms with van der Waals surface area (Å²) < 4.78 is 1.45. The first-order valence-corrected chi connectivity index (χ1v) is 6.90. The molecule has 4 rings (SSSR count). The van der Waals surface area contributed by atoms with Crippen LogP contribution in [0.4, 0.5) is 0 Å². The first kappa shape index (κ1) is 12.5. The van der Waals surface area contributed by atoms with Gasteiger partial charge in [-0.2, -0.15) is 0 Å². The van der Waals surface area contributed by atoms with Gasteiger partial charge in [-0.25, -0.2) is 9.97 Å². The van der Waals surface area contributed by atoms with Crippen LogP contribution >= 0.6 is 0 Å². The molecule has 0 fully saturated rings. The van der Waals surface area contributed by atoms with Gasteiger partial charge in [0.2, 0.25) is 0 Å². The summed E-state index contributed by atoms with van der Waals surface area (Å²) in [6.07, 6.45) is 4.70. The van der Waals surface area contributed by atoms with Gasteiger partial charge in [0.15, 0.2) is 0 Å². The van der Waals surface area contributed by atoms with Gasteiger partial charge < -0.3 is 4.98 Å². The highest BCUT2D eigenvalue weighted by Crippen LogP contribution is 2.23. The van der Waals surface area contributed by atoms with Crippen LogP contribution in [0.2, 0.25) is 0 Å². The fraction of sp³-hybridized carbons (Fsp3) is 0. The van der Waals surface area contributed by atoms with Crippen molar-refractivity contribution in [1.29, 1.82) is 0 Å². The quantitative estimate of drug-likeness (QED) is 0.616. The van der Waals surface area contributed by atoms with E-state index in [4.69, 9.17) is 0 Å². The van der Waals surface area contributed by atoms with Crippen molar-refractivity contribution < 1.29 is 4.79 Å². The Bertz CT molecular complexity index is 939. The number of fused-ring (bicyclic) bond motifs is 1. The van der Waals surface area contributed by atoms with E-state index in [0.717, 1.165) is 16.9 Å². The second kappa shape index (κ2) is 4.96.